The molecule has 0 saturated heterocycles. The van der Waals surface area contributed by atoms with Crippen LogP contribution in [0.15, 0.2) is 112 Å². The number of fused-ring (bicyclic) bond motifs is 3. The Morgan fingerprint density at radius 3 is 1.84 bits per heavy atom. The molecule has 5 heteroatoms. The van der Waals surface area contributed by atoms with Gasteiger partial charge in [0.2, 0.25) is 0 Å². The van der Waals surface area contributed by atoms with Gasteiger partial charge in [-0.2, -0.15) is 10.9 Å². The first-order valence-corrected chi connectivity index (χ1v) is 14.7. The second-order valence-electron chi connectivity index (χ2n) is 9.94. The molecule has 0 amide bonds. The number of ether oxygens (including phenoxy) is 3. The topological polar surface area (TPSA) is 44.8 Å². The number of hydrogen-bond acceptors (Lipinski definition) is 4. The fourth-order valence-corrected chi connectivity index (χ4v) is 8.17. The number of carbonyl (C=O) groups excluding carboxylic acids is 1. The van der Waals surface area contributed by atoms with E-state index in [-0.39, 0.29) is 18.2 Å². The first-order valence-electron chi connectivity index (χ1n) is 13.4. The predicted octanol–water partition coefficient (Wildman–Crippen LogP) is 8.58. The van der Waals surface area contributed by atoms with E-state index in [1.807, 2.05) is 36.4 Å². The van der Waals surface area contributed by atoms with Gasteiger partial charge in [0.15, 0.2) is 6.61 Å². The molecule has 1 fully saturated rings. The summed E-state index contributed by atoms with van der Waals surface area (Å²) in [7, 11) is -0.577. The smallest absolute Gasteiger partial charge is 0.344 e. The lowest BCUT2D eigenvalue weighted by atomic mass is 9.99. The van der Waals surface area contributed by atoms with Gasteiger partial charge in [-0.3, -0.25) is 0 Å². The largest absolute Gasteiger partial charge is 0.482 e. The number of carbonyl (C=O) groups is 1. The monoisotopic (exact) mass is 524 g/mol. The highest BCUT2D eigenvalue weighted by Crippen LogP contribution is 2.62. The number of rotatable bonds is 8. The molecule has 0 bridgehead atoms. The minimum Gasteiger partial charge on any atom is -0.482 e. The van der Waals surface area contributed by atoms with E-state index in [2.05, 4.69) is 67.6 Å². The van der Waals surface area contributed by atoms with E-state index in [0.717, 1.165) is 37.9 Å². The molecule has 0 aromatic heterocycles. The Morgan fingerprint density at radius 1 is 0.737 bits per heavy atom. The van der Waals surface area contributed by atoms with Crippen LogP contribution in [-0.2, 0) is 9.53 Å². The van der Waals surface area contributed by atoms with E-state index in [0.29, 0.717) is 11.5 Å². The van der Waals surface area contributed by atoms with Gasteiger partial charge >= 0.3 is 5.97 Å². The van der Waals surface area contributed by atoms with Crippen LogP contribution in [-0.4, -0.2) is 18.2 Å². The molecule has 1 aliphatic carbocycles. The van der Waals surface area contributed by atoms with Crippen molar-refractivity contribution in [2.45, 2.75) is 59.3 Å². The maximum Gasteiger partial charge on any atom is 0.344 e. The average Bonchev–Trinajstić information content (AvgIpc) is 3.56. The van der Waals surface area contributed by atoms with E-state index in [1.165, 1.54) is 25.8 Å². The first-order chi connectivity index (χ1) is 18.6. The first kappa shape index (κ1) is 24.6. The normalized spacial score (nSPS) is 16.0. The lowest BCUT2D eigenvalue weighted by Crippen LogP contribution is -2.33. The molecule has 0 spiro atoms. The van der Waals surface area contributed by atoms with E-state index >= 15 is 0 Å². The summed E-state index contributed by atoms with van der Waals surface area (Å²) in [5, 5.41) is 0. The molecule has 38 heavy (non-hydrogen) atoms. The lowest BCUT2D eigenvalue weighted by molar-refractivity contribution is -0.162. The maximum absolute atomic E-state index is 12.3. The molecule has 2 aliphatic rings. The third-order valence-corrected chi connectivity index (χ3v) is 10.1. The standard InChI is InChI=1S/C33H32O4S/c1-2-33(21-7-8-22-33)37-32(34)23-35-24-13-15-25(16-14-24)36-26-17-19-27(20-18-26)38-30-11-5-3-9-28(30)29-10-4-6-12-31(29)38/h3-6,9-20,38H,2,7-8,21-23H2,1H3. The Hall–Kier alpha value is -3.70. The molecular weight excluding hydrogens is 492 g/mol. The molecular formula is C33H32O4S. The van der Waals surface area contributed by atoms with Gasteiger partial charge in [0, 0.05) is 9.79 Å². The Bertz CT molecular complexity index is 1380. The van der Waals surface area contributed by atoms with Crippen LogP contribution in [0.2, 0.25) is 0 Å². The average molecular weight is 525 g/mol. The molecule has 0 unspecified atom stereocenters. The molecule has 0 N–H and O–H groups in total. The van der Waals surface area contributed by atoms with Crippen molar-refractivity contribution in [3.8, 4) is 28.4 Å². The van der Waals surface area contributed by atoms with Gasteiger partial charge in [-0.1, -0.05) is 43.3 Å². The second-order valence-corrected chi connectivity index (χ2v) is 12.1. The van der Waals surface area contributed by atoms with Gasteiger partial charge in [-0.25, -0.2) is 4.79 Å². The van der Waals surface area contributed by atoms with Gasteiger partial charge in [0.25, 0.3) is 0 Å². The van der Waals surface area contributed by atoms with Crippen molar-refractivity contribution in [1.29, 1.82) is 0 Å². The van der Waals surface area contributed by atoms with Gasteiger partial charge in [0.05, 0.1) is 0 Å². The van der Waals surface area contributed by atoms with Crippen molar-refractivity contribution < 1.29 is 19.0 Å². The third-order valence-electron chi connectivity index (χ3n) is 7.58. The summed E-state index contributed by atoms with van der Waals surface area (Å²) in [5.74, 6) is 1.81. The van der Waals surface area contributed by atoms with Crippen LogP contribution < -0.4 is 9.47 Å². The molecule has 4 nitrogen and oxygen atoms in total. The molecule has 0 radical (unpaired) electrons. The lowest BCUT2D eigenvalue weighted by Gasteiger charge is -2.27. The van der Waals surface area contributed by atoms with E-state index in [9.17, 15) is 4.79 Å². The predicted molar refractivity (Wildman–Crippen MR) is 152 cm³/mol. The highest BCUT2D eigenvalue weighted by atomic mass is 32.2. The van der Waals surface area contributed by atoms with Gasteiger partial charge in [-0.05, 0) is 109 Å². The quantitative estimate of drug-likeness (QED) is 0.163. The van der Waals surface area contributed by atoms with Crippen molar-refractivity contribution >= 4 is 16.9 Å². The zero-order valence-electron chi connectivity index (χ0n) is 21.6. The van der Waals surface area contributed by atoms with Crippen molar-refractivity contribution in [2.75, 3.05) is 6.61 Å². The maximum atomic E-state index is 12.3. The molecule has 194 valence electrons. The summed E-state index contributed by atoms with van der Waals surface area (Å²) < 4.78 is 17.5. The highest BCUT2D eigenvalue weighted by molar-refractivity contribution is 8.17. The van der Waals surface area contributed by atoms with Crippen LogP contribution in [0, 0.1) is 0 Å². The minimum absolute atomic E-state index is 0.0847. The Balaban J connectivity index is 1.08. The highest BCUT2D eigenvalue weighted by Gasteiger charge is 2.35. The summed E-state index contributed by atoms with van der Waals surface area (Å²) in [6.45, 7) is 2.00. The van der Waals surface area contributed by atoms with Crippen LogP contribution in [0.25, 0.3) is 11.1 Å². The van der Waals surface area contributed by atoms with E-state index in [4.69, 9.17) is 14.2 Å². The van der Waals surface area contributed by atoms with Crippen molar-refractivity contribution in [3.05, 3.63) is 97.1 Å². The van der Waals surface area contributed by atoms with Gasteiger partial charge in [-0.15, -0.1) is 0 Å². The number of benzene rings is 4. The minimum atomic E-state index is -0.577. The third kappa shape index (κ3) is 4.91. The number of esters is 1. The van der Waals surface area contributed by atoms with Crippen molar-refractivity contribution in [3.63, 3.8) is 0 Å². The van der Waals surface area contributed by atoms with Crippen molar-refractivity contribution in [1.82, 2.24) is 0 Å². The van der Waals surface area contributed by atoms with Gasteiger partial charge < -0.3 is 14.2 Å². The van der Waals surface area contributed by atoms with Crippen LogP contribution in [0.1, 0.15) is 39.0 Å². The fourth-order valence-electron chi connectivity index (χ4n) is 5.56. The van der Waals surface area contributed by atoms with Gasteiger partial charge in [0.1, 0.15) is 22.8 Å². The number of thiol groups is 1. The molecule has 0 atom stereocenters. The van der Waals surface area contributed by atoms with Crippen LogP contribution in [0.4, 0.5) is 0 Å². The molecule has 1 saturated carbocycles. The molecule has 4 aromatic carbocycles. The summed E-state index contributed by atoms with van der Waals surface area (Å²) in [4.78, 5) is 16.5. The van der Waals surface area contributed by atoms with Crippen LogP contribution in [0.5, 0.6) is 17.2 Å². The summed E-state index contributed by atoms with van der Waals surface area (Å²) in [5.41, 5.74) is 2.39. The molecule has 4 aromatic rings. The van der Waals surface area contributed by atoms with Crippen LogP contribution >= 0.6 is 10.9 Å². The Morgan fingerprint density at radius 2 is 1.26 bits per heavy atom. The second kappa shape index (κ2) is 10.6. The molecule has 6 rings (SSSR count). The van der Waals surface area contributed by atoms with Crippen molar-refractivity contribution in [2.24, 2.45) is 0 Å². The van der Waals surface area contributed by atoms with E-state index < -0.39 is 10.9 Å². The zero-order valence-corrected chi connectivity index (χ0v) is 22.5. The van der Waals surface area contributed by atoms with Crippen LogP contribution in [0.3, 0.4) is 0 Å². The zero-order chi connectivity index (χ0) is 26.0. The summed E-state index contributed by atoms with van der Waals surface area (Å²) in [6.07, 6.45) is 4.99. The Labute approximate surface area is 226 Å². The van der Waals surface area contributed by atoms with E-state index in [1.54, 1.807) is 0 Å². The Kier molecular flexibility index (Phi) is 6.86. The molecule has 1 heterocycles. The summed E-state index contributed by atoms with van der Waals surface area (Å²) >= 11 is 0. The fraction of sp³-hybridized carbons (Fsp3) is 0.242. The summed E-state index contributed by atoms with van der Waals surface area (Å²) in [6, 6.07) is 33.2. The SMILES string of the molecule is CCC1(OC(=O)COc2ccc(Oc3ccc([SH]4c5ccccc5-c5ccccc54)cc3)cc2)CCCC1. The number of hydrogen-bond donors (Lipinski definition) is 1. The molecule has 1 aliphatic heterocycles.